The van der Waals surface area contributed by atoms with Crippen LogP contribution < -0.4 is 4.74 Å². The van der Waals surface area contributed by atoms with Crippen LogP contribution in [-0.2, 0) is 11.2 Å². The van der Waals surface area contributed by atoms with Crippen molar-refractivity contribution in [3.8, 4) is 5.75 Å². The molecule has 116 valence electrons. The van der Waals surface area contributed by atoms with Gasteiger partial charge in [-0.05, 0) is 25.7 Å². The van der Waals surface area contributed by atoms with Gasteiger partial charge in [0.05, 0.1) is 19.5 Å². The van der Waals surface area contributed by atoms with Crippen LogP contribution >= 0.6 is 0 Å². The maximum absolute atomic E-state index is 12.3. The summed E-state index contributed by atoms with van der Waals surface area (Å²) < 4.78 is 5.06. The number of likely N-dealkylation sites (tertiary alicyclic amines) is 1. The number of carbonyl (C=O) groups is 1. The van der Waals surface area contributed by atoms with Gasteiger partial charge in [-0.2, -0.15) is 0 Å². The average molecular weight is 291 g/mol. The van der Waals surface area contributed by atoms with Crippen LogP contribution in [0.5, 0.6) is 5.75 Å². The molecule has 5 heteroatoms. The molecule has 0 aromatic carbocycles. The Morgan fingerprint density at radius 1 is 1.38 bits per heavy atom. The number of ether oxygens (including phenoxy) is 1. The lowest BCUT2D eigenvalue weighted by Crippen LogP contribution is -2.45. The highest BCUT2D eigenvalue weighted by atomic mass is 16.5. The van der Waals surface area contributed by atoms with Crippen LogP contribution in [0.25, 0.3) is 0 Å². The summed E-state index contributed by atoms with van der Waals surface area (Å²) in [6.07, 6.45) is 8.54. The molecule has 1 saturated heterocycles. The first-order valence-electron chi connectivity index (χ1n) is 7.77. The molecule has 1 aliphatic heterocycles. The lowest BCUT2D eigenvalue weighted by atomic mass is 9.96. The van der Waals surface area contributed by atoms with Gasteiger partial charge in [0.1, 0.15) is 5.82 Å². The number of amides is 1. The SMILES string of the molecule is COc1cnc(CCC2CCCCN2C(=O)C(C)C)nc1. The van der Waals surface area contributed by atoms with E-state index in [1.54, 1.807) is 19.5 Å². The van der Waals surface area contributed by atoms with Crippen LogP contribution in [-0.4, -0.2) is 40.5 Å². The molecular weight excluding hydrogens is 266 g/mol. The molecule has 0 spiro atoms. The van der Waals surface area contributed by atoms with Crippen LogP contribution in [0.3, 0.4) is 0 Å². The Kier molecular flexibility index (Phi) is 5.53. The quantitative estimate of drug-likeness (QED) is 0.836. The highest BCUT2D eigenvalue weighted by Gasteiger charge is 2.27. The smallest absolute Gasteiger partial charge is 0.225 e. The van der Waals surface area contributed by atoms with Crippen molar-refractivity contribution in [1.29, 1.82) is 0 Å². The van der Waals surface area contributed by atoms with Crippen molar-refractivity contribution in [2.45, 2.75) is 52.0 Å². The monoisotopic (exact) mass is 291 g/mol. The average Bonchev–Trinajstić information content (AvgIpc) is 2.53. The van der Waals surface area contributed by atoms with E-state index in [1.807, 2.05) is 13.8 Å². The molecule has 0 radical (unpaired) electrons. The van der Waals surface area contributed by atoms with Gasteiger partial charge in [0.25, 0.3) is 0 Å². The van der Waals surface area contributed by atoms with Crippen LogP contribution in [0.1, 0.15) is 45.4 Å². The molecule has 0 aliphatic carbocycles. The first-order chi connectivity index (χ1) is 10.1. The van der Waals surface area contributed by atoms with E-state index in [0.717, 1.165) is 38.1 Å². The van der Waals surface area contributed by atoms with Crippen molar-refractivity contribution < 1.29 is 9.53 Å². The minimum atomic E-state index is 0.0721. The second-order valence-corrected chi connectivity index (χ2v) is 5.91. The predicted octanol–water partition coefficient (Wildman–Crippen LogP) is 2.45. The Balaban J connectivity index is 1.94. The summed E-state index contributed by atoms with van der Waals surface area (Å²) in [6, 6.07) is 0.333. The summed E-state index contributed by atoms with van der Waals surface area (Å²) in [5.74, 6) is 1.84. The van der Waals surface area contributed by atoms with Crippen LogP contribution in [0.15, 0.2) is 12.4 Å². The van der Waals surface area contributed by atoms with Crippen LogP contribution in [0.4, 0.5) is 0 Å². The zero-order valence-corrected chi connectivity index (χ0v) is 13.2. The number of piperidine rings is 1. The molecule has 1 fully saturated rings. The number of hydrogen-bond donors (Lipinski definition) is 0. The van der Waals surface area contributed by atoms with E-state index in [9.17, 15) is 4.79 Å². The molecule has 1 amide bonds. The van der Waals surface area contributed by atoms with E-state index in [2.05, 4.69) is 14.9 Å². The molecule has 1 aliphatic rings. The van der Waals surface area contributed by atoms with Crippen LogP contribution in [0.2, 0.25) is 0 Å². The lowest BCUT2D eigenvalue weighted by Gasteiger charge is -2.37. The Bertz CT molecular complexity index is 459. The third-order valence-electron chi connectivity index (χ3n) is 4.02. The van der Waals surface area contributed by atoms with Crippen molar-refractivity contribution in [1.82, 2.24) is 14.9 Å². The molecule has 0 N–H and O–H groups in total. The number of methoxy groups -OCH3 is 1. The van der Waals surface area contributed by atoms with Crippen LogP contribution in [0, 0.1) is 5.92 Å². The topological polar surface area (TPSA) is 55.3 Å². The van der Waals surface area contributed by atoms with Crippen molar-refractivity contribution in [2.75, 3.05) is 13.7 Å². The second kappa shape index (κ2) is 7.38. The van der Waals surface area contributed by atoms with Gasteiger partial charge < -0.3 is 9.64 Å². The zero-order chi connectivity index (χ0) is 15.2. The molecule has 1 aromatic heterocycles. The maximum Gasteiger partial charge on any atom is 0.225 e. The minimum absolute atomic E-state index is 0.0721. The molecule has 2 rings (SSSR count). The molecule has 0 saturated carbocycles. The number of carbonyl (C=O) groups excluding carboxylic acids is 1. The highest BCUT2D eigenvalue weighted by Crippen LogP contribution is 2.22. The summed E-state index contributed by atoms with van der Waals surface area (Å²) in [7, 11) is 1.61. The normalized spacial score (nSPS) is 18.9. The highest BCUT2D eigenvalue weighted by molar-refractivity contribution is 5.78. The Morgan fingerprint density at radius 3 is 2.71 bits per heavy atom. The van der Waals surface area contributed by atoms with Gasteiger partial charge >= 0.3 is 0 Å². The van der Waals surface area contributed by atoms with Gasteiger partial charge in [-0.15, -0.1) is 0 Å². The summed E-state index contributed by atoms with van der Waals surface area (Å²) in [5.41, 5.74) is 0. The molecule has 0 bridgehead atoms. The summed E-state index contributed by atoms with van der Waals surface area (Å²) in [6.45, 7) is 4.84. The van der Waals surface area contributed by atoms with Gasteiger partial charge in [-0.3, -0.25) is 4.79 Å². The summed E-state index contributed by atoms with van der Waals surface area (Å²) in [4.78, 5) is 22.9. The van der Waals surface area contributed by atoms with E-state index in [-0.39, 0.29) is 11.8 Å². The van der Waals surface area contributed by atoms with Crippen molar-refractivity contribution in [3.63, 3.8) is 0 Å². The maximum atomic E-state index is 12.3. The first kappa shape index (κ1) is 15.7. The van der Waals surface area contributed by atoms with E-state index >= 15 is 0 Å². The third-order valence-corrected chi connectivity index (χ3v) is 4.02. The first-order valence-corrected chi connectivity index (χ1v) is 7.77. The van der Waals surface area contributed by atoms with Gasteiger partial charge in [-0.1, -0.05) is 13.8 Å². The number of aromatic nitrogens is 2. The Hall–Kier alpha value is -1.65. The minimum Gasteiger partial charge on any atom is -0.494 e. The van der Waals surface area contributed by atoms with E-state index in [4.69, 9.17) is 4.74 Å². The number of rotatable bonds is 5. The van der Waals surface area contributed by atoms with Crippen molar-refractivity contribution in [2.24, 2.45) is 5.92 Å². The number of aryl methyl sites for hydroxylation is 1. The van der Waals surface area contributed by atoms with E-state index < -0.39 is 0 Å². The summed E-state index contributed by atoms with van der Waals surface area (Å²) in [5, 5.41) is 0. The predicted molar refractivity (Wildman–Crippen MR) is 81.1 cm³/mol. The van der Waals surface area contributed by atoms with E-state index in [0.29, 0.717) is 11.8 Å². The number of nitrogens with zero attached hydrogens (tertiary/aromatic N) is 3. The van der Waals surface area contributed by atoms with Crippen molar-refractivity contribution in [3.05, 3.63) is 18.2 Å². The molecule has 2 heterocycles. The summed E-state index contributed by atoms with van der Waals surface area (Å²) >= 11 is 0. The van der Waals surface area contributed by atoms with Crippen molar-refractivity contribution >= 4 is 5.91 Å². The molecular formula is C16H25N3O2. The zero-order valence-electron chi connectivity index (χ0n) is 13.2. The standard InChI is InChI=1S/C16H25N3O2/c1-12(2)16(20)19-9-5-4-6-13(19)7-8-15-17-10-14(21-3)11-18-15/h10-13H,4-9H2,1-3H3. The molecule has 1 aromatic rings. The second-order valence-electron chi connectivity index (χ2n) is 5.91. The largest absolute Gasteiger partial charge is 0.494 e. The third kappa shape index (κ3) is 4.16. The fourth-order valence-corrected chi connectivity index (χ4v) is 2.80. The molecule has 1 atom stereocenters. The molecule has 5 nitrogen and oxygen atoms in total. The van der Waals surface area contributed by atoms with Gasteiger partial charge in [0, 0.05) is 24.9 Å². The van der Waals surface area contributed by atoms with Gasteiger partial charge in [0.2, 0.25) is 5.91 Å². The van der Waals surface area contributed by atoms with E-state index in [1.165, 1.54) is 6.42 Å². The van der Waals surface area contributed by atoms with Gasteiger partial charge in [-0.25, -0.2) is 9.97 Å². The number of hydrogen-bond acceptors (Lipinski definition) is 4. The fraction of sp³-hybridized carbons (Fsp3) is 0.688. The Morgan fingerprint density at radius 2 is 2.10 bits per heavy atom. The fourth-order valence-electron chi connectivity index (χ4n) is 2.80. The molecule has 21 heavy (non-hydrogen) atoms. The Labute approximate surface area is 126 Å². The molecule has 1 unspecified atom stereocenters. The lowest BCUT2D eigenvalue weighted by molar-refractivity contribution is -0.138. The van der Waals surface area contributed by atoms with Gasteiger partial charge in [0.15, 0.2) is 5.75 Å².